The molecule has 1 saturated carbocycles. The maximum Gasteiger partial charge on any atom is 0.0349 e. The lowest BCUT2D eigenvalue weighted by molar-refractivity contribution is 0.0136. The molecule has 1 atom stereocenters. The van der Waals surface area contributed by atoms with Crippen molar-refractivity contribution in [2.75, 3.05) is 39.3 Å². The summed E-state index contributed by atoms with van der Waals surface area (Å²) >= 11 is 0. The van der Waals surface area contributed by atoms with Crippen molar-refractivity contribution in [1.82, 2.24) is 15.1 Å². The molecule has 1 N–H and O–H groups in total. The first-order valence-corrected chi connectivity index (χ1v) is 5.61. The van der Waals surface area contributed by atoms with Gasteiger partial charge in [-0.1, -0.05) is 0 Å². The van der Waals surface area contributed by atoms with E-state index in [4.69, 9.17) is 0 Å². The van der Waals surface area contributed by atoms with E-state index in [1.807, 2.05) is 0 Å². The third-order valence-electron chi connectivity index (χ3n) is 3.61. The van der Waals surface area contributed by atoms with E-state index in [2.05, 4.69) is 15.1 Å². The minimum absolute atomic E-state index is 0.808. The number of piperazine rings is 3. The Hall–Kier alpha value is -0.120. The van der Waals surface area contributed by atoms with E-state index in [1.54, 1.807) is 0 Å². The van der Waals surface area contributed by atoms with Gasteiger partial charge in [-0.15, -0.1) is 0 Å². The molecule has 1 aliphatic carbocycles. The van der Waals surface area contributed by atoms with Gasteiger partial charge in [0, 0.05) is 51.4 Å². The van der Waals surface area contributed by atoms with Crippen molar-refractivity contribution in [2.45, 2.75) is 24.9 Å². The summed E-state index contributed by atoms with van der Waals surface area (Å²) in [7, 11) is 0. The molecule has 0 radical (unpaired) electrons. The van der Waals surface area contributed by atoms with Gasteiger partial charge >= 0.3 is 0 Å². The molecule has 3 aliphatic heterocycles. The van der Waals surface area contributed by atoms with E-state index in [1.165, 1.54) is 52.1 Å². The number of fused-ring (bicyclic) bond motifs is 3. The summed E-state index contributed by atoms with van der Waals surface area (Å²) < 4.78 is 0. The fourth-order valence-corrected chi connectivity index (χ4v) is 2.51. The van der Waals surface area contributed by atoms with Gasteiger partial charge in [-0.2, -0.15) is 0 Å². The molecule has 0 spiro atoms. The second kappa shape index (κ2) is 3.23. The van der Waals surface area contributed by atoms with Crippen molar-refractivity contribution in [2.24, 2.45) is 0 Å². The van der Waals surface area contributed by atoms with Gasteiger partial charge in [0.05, 0.1) is 0 Å². The largest absolute Gasteiger partial charge is 0.312 e. The lowest BCUT2D eigenvalue weighted by Crippen LogP contribution is -2.63. The predicted octanol–water partition coefficient (Wildman–Crippen LogP) is -0.262. The third-order valence-corrected chi connectivity index (χ3v) is 3.61. The molecule has 4 fully saturated rings. The van der Waals surface area contributed by atoms with Gasteiger partial charge in [-0.25, -0.2) is 0 Å². The summed E-state index contributed by atoms with van der Waals surface area (Å²) in [6.45, 7) is 7.74. The summed E-state index contributed by atoms with van der Waals surface area (Å²) in [6.07, 6.45) is 2.83. The average Bonchev–Trinajstić information content (AvgIpc) is 3.00. The maximum atomic E-state index is 3.64. The van der Waals surface area contributed by atoms with Gasteiger partial charge in [0.15, 0.2) is 0 Å². The zero-order valence-electron chi connectivity index (χ0n) is 8.21. The van der Waals surface area contributed by atoms with Crippen LogP contribution in [0.3, 0.4) is 0 Å². The van der Waals surface area contributed by atoms with Crippen LogP contribution in [0.15, 0.2) is 0 Å². The summed E-state index contributed by atoms with van der Waals surface area (Å²) in [6, 6.07) is 1.68. The number of hydrogen-bond donors (Lipinski definition) is 1. The molecule has 0 aromatic rings. The lowest BCUT2D eigenvalue weighted by Gasteiger charge is -2.47. The second-order valence-electron chi connectivity index (χ2n) is 4.67. The topological polar surface area (TPSA) is 18.5 Å². The van der Waals surface area contributed by atoms with Crippen molar-refractivity contribution in [3.8, 4) is 0 Å². The molecule has 4 aliphatic rings. The highest BCUT2D eigenvalue weighted by molar-refractivity contribution is 4.91. The molecule has 0 amide bonds. The van der Waals surface area contributed by atoms with Crippen LogP contribution in [0.4, 0.5) is 0 Å². The molecule has 4 rings (SSSR count). The monoisotopic (exact) mass is 181 g/mol. The smallest absolute Gasteiger partial charge is 0.0349 e. The summed E-state index contributed by atoms with van der Waals surface area (Å²) in [5, 5.41) is 3.64. The van der Waals surface area contributed by atoms with Crippen molar-refractivity contribution < 1.29 is 0 Å². The predicted molar refractivity (Wildman–Crippen MR) is 52.8 cm³/mol. The van der Waals surface area contributed by atoms with Gasteiger partial charge in [-0.3, -0.25) is 9.80 Å². The Balaban J connectivity index is 1.52. The number of hydrogen-bond acceptors (Lipinski definition) is 3. The van der Waals surface area contributed by atoms with Gasteiger partial charge in [0.2, 0.25) is 0 Å². The Morgan fingerprint density at radius 1 is 1.08 bits per heavy atom. The van der Waals surface area contributed by atoms with Crippen LogP contribution in [0.5, 0.6) is 0 Å². The minimum Gasteiger partial charge on any atom is -0.312 e. The van der Waals surface area contributed by atoms with Gasteiger partial charge in [0.1, 0.15) is 0 Å². The standard InChI is InChI=1S/C10H19N3/c1-2-9(1)11-7-10-8-12-3-5-13(10)6-4-12/h9-11H,1-8H2. The van der Waals surface area contributed by atoms with E-state index >= 15 is 0 Å². The first-order valence-electron chi connectivity index (χ1n) is 5.61. The van der Waals surface area contributed by atoms with E-state index in [-0.39, 0.29) is 0 Å². The molecule has 13 heavy (non-hydrogen) atoms. The van der Waals surface area contributed by atoms with Crippen LogP contribution in [0, 0.1) is 0 Å². The Labute approximate surface area is 80.1 Å². The summed E-state index contributed by atoms with van der Waals surface area (Å²) in [5.41, 5.74) is 0. The molecular weight excluding hydrogens is 162 g/mol. The zero-order chi connectivity index (χ0) is 8.67. The zero-order valence-corrected chi connectivity index (χ0v) is 8.21. The SMILES string of the molecule is C1CC1NCC1CN2CCN1CC2. The first kappa shape index (κ1) is 8.21. The van der Waals surface area contributed by atoms with Crippen LogP contribution in [0.1, 0.15) is 12.8 Å². The maximum absolute atomic E-state index is 3.64. The Kier molecular flexibility index (Phi) is 2.04. The molecule has 0 aromatic carbocycles. The Morgan fingerprint density at radius 3 is 2.38 bits per heavy atom. The quantitative estimate of drug-likeness (QED) is 0.647. The van der Waals surface area contributed by atoms with Crippen LogP contribution in [-0.4, -0.2) is 61.2 Å². The molecule has 0 aromatic heterocycles. The summed E-state index contributed by atoms with van der Waals surface area (Å²) in [4.78, 5) is 5.27. The minimum atomic E-state index is 0.808. The average molecular weight is 181 g/mol. The summed E-state index contributed by atoms with van der Waals surface area (Å²) in [5.74, 6) is 0. The van der Waals surface area contributed by atoms with Crippen LogP contribution in [0.2, 0.25) is 0 Å². The molecular formula is C10H19N3. The number of nitrogens with one attached hydrogen (secondary N) is 1. The van der Waals surface area contributed by atoms with E-state index < -0.39 is 0 Å². The van der Waals surface area contributed by atoms with Crippen LogP contribution in [-0.2, 0) is 0 Å². The van der Waals surface area contributed by atoms with Crippen molar-refractivity contribution in [3.05, 3.63) is 0 Å². The highest BCUT2D eigenvalue weighted by Gasteiger charge is 2.32. The number of nitrogens with zero attached hydrogens (tertiary/aromatic N) is 2. The van der Waals surface area contributed by atoms with Crippen LogP contribution < -0.4 is 5.32 Å². The lowest BCUT2D eigenvalue weighted by atomic mass is 10.1. The van der Waals surface area contributed by atoms with Crippen molar-refractivity contribution >= 4 is 0 Å². The third kappa shape index (κ3) is 1.73. The molecule has 3 saturated heterocycles. The fourth-order valence-electron chi connectivity index (χ4n) is 2.51. The highest BCUT2D eigenvalue weighted by Crippen LogP contribution is 2.20. The van der Waals surface area contributed by atoms with Crippen LogP contribution >= 0.6 is 0 Å². The molecule has 3 heterocycles. The van der Waals surface area contributed by atoms with Crippen LogP contribution in [0.25, 0.3) is 0 Å². The Bertz CT molecular complexity index is 183. The normalized spacial score (nSPS) is 43.8. The van der Waals surface area contributed by atoms with Gasteiger partial charge in [0.25, 0.3) is 0 Å². The molecule has 2 bridgehead atoms. The molecule has 3 nitrogen and oxygen atoms in total. The van der Waals surface area contributed by atoms with Crippen molar-refractivity contribution in [3.63, 3.8) is 0 Å². The molecule has 74 valence electrons. The van der Waals surface area contributed by atoms with Gasteiger partial charge < -0.3 is 5.32 Å². The van der Waals surface area contributed by atoms with E-state index in [9.17, 15) is 0 Å². The second-order valence-corrected chi connectivity index (χ2v) is 4.67. The van der Waals surface area contributed by atoms with E-state index in [0.717, 1.165) is 12.1 Å². The fraction of sp³-hybridized carbons (Fsp3) is 1.00. The Morgan fingerprint density at radius 2 is 1.85 bits per heavy atom. The highest BCUT2D eigenvalue weighted by atomic mass is 15.3. The van der Waals surface area contributed by atoms with Gasteiger partial charge in [-0.05, 0) is 12.8 Å². The first-order chi connectivity index (χ1) is 6.42. The number of rotatable bonds is 3. The molecule has 3 heteroatoms. The van der Waals surface area contributed by atoms with E-state index in [0.29, 0.717) is 0 Å². The van der Waals surface area contributed by atoms with Crippen molar-refractivity contribution in [1.29, 1.82) is 0 Å². The molecule has 1 unspecified atom stereocenters.